The summed E-state index contributed by atoms with van der Waals surface area (Å²) in [5.41, 5.74) is 0.456. The van der Waals surface area contributed by atoms with Crippen LogP contribution in [0.1, 0.15) is 19.3 Å². The van der Waals surface area contributed by atoms with Crippen LogP contribution in [0.25, 0.3) is 0 Å². The van der Waals surface area contributed by atoms with Crippen LogP contribution in [-0.4, -0.2) is 24.2 Å². The lowest BCUT2D eigenvalue weighted by atomic mass is 9.80. The Hall–Kier alpha value is -1.14. The van der Waals surface area contributed by atoms with Crippen molar-refractivity contribution in [1.29, 1.82) is 0 Å². The van der Waals surface area contributed by atoms with E-state index in [1.165, 1.54) is 6.07 Å². The van der Waals surface area contributed by atoms with Crippen molar-refractivity contribution in [3.63, 3.8) is 0 Å². The number of halogens is 1. The van der Waals surface area contributed by atoms with Crippen LogP contribution in [0, 0.1) is 10.1 Å². The first-order valence-corrected chi connectivity index (χ1v) is 6.59. The molecule has 1 aliphatic rings. The van der Waals surface area contributed by atoms with Gasteiger partial charge in [-0.1, -0.05) is 15.9 Å². The molecule has 0 heterocycles. The highest BCUT2D eigenvalue weighted by atomic mass is 79.9. The number of nitrogens with zero attached hydrogens (tertiary/aromatic N) is 1. The number of hydrogen-bond acceptors (Lipinski definition) is 4. The van der Waals surface area contributed by atoms with Crippen LogP contribution in [0.5, 0.6) is 0 Å². The molecule has 1 aliphatic carbocycles. The molecule has 0 aliphatic heterocycles. The second kappa shape index (κ2) is 5.24. The fourth-order valence-corrected chi connectivity index (χ4v) is 2.45. The molecule has 1 N–H and O–H groups in total. The number of nitrogens with one attached hydrogen (secondary N) is 1. The normalized spacial score (nSPS) is 17.0. The van der Waals surface area contributed by atoms with E-state index in [1.54, 1.807) is 19.2 Å². The SMILES string of the molecule is COC1(CNc2cc(Br)ccc2[N+](=O)[O-])CCC1. The average molecular weight is 315 g/mol. The van der Waals surface area contributed by atoms with Crippen molar-refractivity contribution in [1.82, 2.24) is 0 Å². The van der Waals surface area contributed by atoms with Crippen molar-refractivity contribution in [2.45, 2.75) is 24.9 Å². The second-order valence-electron chi connectivity index (χ2n) is 4.51. The van der Waals surface area contributed by atoms with E-state index in [4.69, 9.17) is 4.74 Å². The monoisotopic (exact) mass is 314 g/mol. The topological polar surface area (TPSA) is 64.4 Å². The third kappa shape index (κ3) is 2.64. The molecule has 98 valence electrons. The molecule has 5 nitrogen and oxygen atoms in total. The Morgan fingerprint density at radius 3 is 2.78 bits per heavy atom. The van der Waals surface area contributed by atoms with Crippen LogP contribution in [0.15, 0.2) is 22.7 Å². The number of ether oxygens (including phenoxy) is 1. The lowest BCUT2D eigenvalue weighted by Crippen LogP contribution is -2.45. The molecule has 0 aromatic heterocycles. The Labute approximate surface area is 114 Å². The minimum Gasteiger partial charge on any atom is -0.377 e. The quantitative estimate of drug-likeness (QED) is 0.668. The smallest absolute Gasteiger partial charge is 0.292 e. The maximum absolute atomic E-state index is 10.9. The van der Waals surface area contributed by atoms with Crippen molar-refractivity contribution in [3.05, 3.63) is 32.8 Å². The van der Waals surface area contributed by atoms with Gasteiger partial charge in [0.15, 0.2) is 0 Å². The maximum Gasteiger partial charge on any atom is 0.292 e. The number of methoxy groups -OCH3 is 1. The lowest BCUT2D eigenvalue weighted by molar-refractivity contribution is -0.384. The molecule has 1 aromatic rings. The standard InChI is InChI=1S/C12H15BrN2O3/c1-18-12(5-2-6-12)8-14-10-7-9(13)3-4-11(10)15(16)17/h3-4,7,14H,2,5-6,8H2,1H3. The molecule has 0 spiro atoms. The van der Waals surface area contributed by atoms with E-state index in [0.717, 1.165) is 23.7 Å². The van der Waals surface area contributed by atoms with Gasteiger partial charge in [0.25, 0.3) is 5.69 Å². The first-order valence-electron chi connectivity index (χ1n) is 5.79. The maximum atomic E-state index is 10.9. The van der Waals surface area contributed by atoms with Gasteiger partial charge in [-0.15, -0.1) is 0 Å². The zero-order valence-electron chi connectivity index (χ0n) is 10.1. The molecule has 1 fully saturated rings. The Morgan fingerprint density at radius 2 is 2.28 bits per heavy atom. The Bertz CT molecular complexity index is 455. The third-order valence-corrected chi connectivity index (χ3v) is 3.95. The lowest BCUT2D eigenvalue weighted by Gasteiger charge is -2.40. The van der Waals surface area contributed by atoms with Gasteiger partial charge in [-0.25, -0.2) is 0 Å². The molecule has 0 radical (unpaired) electrons. The molecule has 0 atom stereocenters. The van der Waals surface area contributed by atoms with Gasteiger partial charge in [-0.3, -0.25) is 10.1 Å². The number of anilines is 1. The number of nitro groups is 1. The van der Waals surface area contributed by atoms with Crippen molar-refractivity contribution in [2.75, 3.05) is 19.0 Å². The van der Waals surface area contributed by atoms with Crippen LogP contribution in [0.4, 0.5) is 11.4 Å². The van der Waals surface area contributed by atoms with Crippen molar-refractivity contribution in [3.8, 4) is 0 Å². The van der Waals surface area contributed by atoms with Gasteiger partial charge in [-0.2, -0.15) is 0 Å². The van der Waals surface area contributed by atoms with Gasteiger partial charge in [0.1, 0.15) is 5.69 Å². The zero-order valence-corrected chi connectivity index (χ0v) is 11.7. The summed E-state index contributed by atoms with van der Waals surface area (Å²) in [5, 5.41) is 14.1. The highest BCUT2D eigenvalue weighted by molar-refractivity contribution is 9.10. The predicted molar refractivity (Wildman–Crippen MR) is 72.9 cm³/mol. The van der Waals surface area contributed by atoms with Gasteiger partial charge in [0.05, 0.1) is 10.5 Å². The summed E-state index contributed by atoms with van der Waals surface area (Å²) in [5.74, 6) is 0. The Balaban J connectivity index is 2.12. The number of hydrogen-bond donors (Lipinski definition) is 1. The Morgan fingerprint density at radius 1 is 1.56 bits per heavy atom. The summed E-state index contributed by atoms with van der Waals surface area (Å²) in [4.78, 5) is 10.5. The van der Waals surface area contributed by atoms with Crippen LogP contribution < -0.4 is 5.32 Å². The van der Waals surface area contributed by atoms with E-state index < -0.39 is 0 Å². The van der Waals surface area contributed by atoms with Gasteiger partial charge >= 0.3 is 0 Å². The molecular formula is C12H15BrN2O3. The van der Waals surface area contributed by atoms with E-state index in [-0.39, 0.29) is 16.2 Å². The van der Waals surface area contributed by atoms with E-state index in [2.05, 4.69) is 21.2 Å². The summed E-state index contributed by atoms with van der Waals surface area (Å²) in [7, 11) is 1.69. The average Bonchev–Trinajstić information content (AvgIpc) is 2.28. The fraction of sp³-hybridized carbons (Fsp3) is 0.500. The van der Waals surface area contributed by atoms with Gasteiger partial charge in [0, 0.05) is 24.2 Å². The molecule has 0 bridgehead atoms. The number of rotatable bonds is 5. The van der Waals surface area contributed by atoms with E-state index in [9.17, 15) is 10.1 Å². The molecule has 0 saturated heterocycles. The molecule has 6 heteroatoms. The Kier molecular flexibility index (Phi) is 3.87. The molecule has 0 unspecified atom stereocenters. The van der Waals surface area contributed by atoms with Gasteiger partial charge in [-0.05, 0) is 31.4 Å². The van der Waals surface area contributed by atoms with Crippen LogP contribution in [0.2, 0.25) is 0 Å². The van der Waals surface area contributed by atoms with Crippen molar-refractivity contribution >= 4 is 27.3 Å². The van der Waals surface area contributed by atoms with Crippen LogP contribution in [0.3, 0.4) is 0 Å². The highest BCUT2D eigenvalue weighted by Crippen LogP contribution is 2.36. The van der Waals surface area contributed by atoms with Crippen LogP contribution in [-0.2, 0) is 4.74 Å². The molecule has 1 saturated carbocycles. The molecule has 18 heavy (non-hydrogen) atoms. The molecule has 0 amide bonds. The molecule has 2 rings (SSSR count). The first-order chi connectivity index (χ1) is 8.56. The van der Waals surface area contributed by atoms with Crippen molar-refractivity contribution < 1.29 is 9.66 Å². The first kappa shape index (κ1) is 13.3. The number of nitro benzene ring substituents is 1. The number of benzene rings is 1. The minimum absolute atomic E-state index is 0.0868. The fourth-order valence-electron chi connectivity index (χ4n) is 2.09. The summed E-state index contributed by atoms with van der Waals surface area (Å²) in [6, 6.07) is 4.88. The summed E-state index contributed by atoms with van der Waals surface area (Å²) >= 11 is 3.32. The van der Waals surface area contributed by atoms with E-state index in [0.29, 0.717) is 12.2 Å². The van der Waals surface area contributed by atoms with Gasteiger partial charge < -0.3 is 10.1 Å². The largest absolute Gasteiger partial charge is 0.377 e. The van der Waals surface area contributed by atoms with E-state index >= 15 is 0 Å². The van der Waals surface area contributed by atoms with Crippen LogP contribution >= 0.6 is 15.9 Å². The second-order valence-corrected chi connectivity index (χ2v) is 5.43. The summed E-state index contributed by atoms with van der Waals surface area (Å²) in [6.07, 6.45) is 3.15. The van der Waals surface area contributed by atoms with Gasteiger partial charge in [0.2, 0.25) is 0 Å². The summed E-state index contributed by atoms with van der Waals surface area (Å²) < 4.78 is 6.30. The van der Waals surface area contributed by atoms with E-state index in [1.807, 2.05) is 0 Å². The predicted octanol–water partition coefficient (Wildman–Crippen LogP) is 3.34. The van der Waals surface area contributed by atoms with Crippen molar-refractivity contribution in [2.24, 2.45) is 0 Å². The molecular weight excluding hydrogens is 300 g/mol. The zero-order chi connectivity index (χ0) is 13.2. The summed E-state index contributed by atoms with van der Waals surface area (Å²) in [6.45, 7) is 0.598. The third-order valence-electron chi connectivity index (χ3n) is 3.45. The molecule has 1 aromatic carbocycles. The highest BCUT2D eigenvalue weighted by Gasteiger charge is 2.37. The minimum atomic E-state index is -0.380.